The molecule has 3 heterocycles. The van der Waals surface area contributed by atoms with Crippen LogP contribution in [0.3, 0.4) is 0 Å². The summed E-state index contributed by atoms with van der Waals surface area (Å²) in [6, 6.07) is 3.86. The van der Waals surface area contributed by atoms with Gasteiger partial charge in [-0.1, -0.05) is 22.9 Å². The van der Waals surface area contributed by atoms with Gasteiger partial charge in [0.15, 0.2) is 5.13 Å². The summed E-state index contributed by atoms with van der Waals surface area (Å²) in [6.45, 7) is 8.81. The molecule has 0 bridgehead atoms. The molecular weight excluding hydrogens is 422 g/mol. The Kier molecular flexibility index (Phi) is 6.38. The third-order valence-corrected chi connectivity index (χ3v) is 6.95. The minimum atomic E-state index is -0.0720. The number of aromatic nitrogens is 3. The molecule has 9 heteroatoms. The summed E-state index contributed by atoms with van der Waals surface area (Å²) in [5.74, 6) is -0.0720. The first-order chi connectivity index (χ1) is 14.5. The highest BCUT2D eigenvalue weighted by Crippen LogP contribution is 2.34. The van der Waals surface area contributed by atoms with Gasteiger partial charge in [0.05, 0.1) is 29.6 Å². The lowest BCUT2D eigenvalue weighted by atomic mass is 10.2. The first-order valence-corrected chi connectivity index (χ1v) is 11.3. The minimum Gasteiger partial charge on any atom is -0.379 e. The summed E-state index contributed by atoms with van der Waals surface area (Å²) in [4.78, 5) is 22.5. The molecule has 4 rings (SSSR count). The van der Waals surface area contributed by atoms with Gasteiger partial charge in [-0.25, -0.2) is 4.98 Å². The highest BCUT2D eigenvalue weighted by atomic mass is 35.5. The molecule has 2 aromatic heterocycles. The number of amides is 1. The van der Waals surface area contributed by atoms with E-state index in [9.17, 15) is 4.79 Å². The Morgan fingerprint density at radius 1 is 1.30 bits per heavy atom. The monoisotopic (exact) mass is 447 g/mol. The molecule has 1 aromatic carbocycles. The SMILES string of the molecule is Cc1cnn(C)c1C(=O)N(CCCN1CCOCC1)c1nc2c(C)c(Cl)ccc2s1. The Bertz CT molecular complexity index is 1040. The Hall–Kier alpha value is -2.00. The lowest BCUT2D eigenvalue weighted by Gasteiger charge is -2.27. The van der Waals surface area contributed by atoms with Crippen molar-refractivity contribution in [3.8, 4) is 0 Å². The van der Waals surface area contributed by atoms with Gasteiger partial charge in [0.1, 0.15) is 5.69 Å². The van der Waals surface area contributed by atoms with E-state index in [1.54, 1.807) is 22.8 Å². The molecule has 1 aliphatic heterocycles. The molecule has 1 fully saturated rings. The van der Waals surface area contributed by atoms with Crippen LogP contribution in [0.5, 0.6) is 0 Å². The topological polar surface area (TPSA) is 63.5 Å². The van der Waals surface area contributed by atoms with Gasteiger partial charge in [0.2, 0.25) is 0 Å². The number of carbonyl (C=O) groups excluding carboxylic acids is 1. The van der Waals surface area contributed by atoms with E-state index in [0.29, 0.717) is 22.4 Å². The molecule has 0 unspecified atom stereocenters. The number of halogens is 1. The molecule has 0 saturated carbocycles. The molecule has 1 saturated heterocycles. The van der Waals surface area contributed by atoms with Gasteiger partial charge in [-0.3, -0.25) is 19.3 Å². The smallest absolute Gasteiger partial charge is 0.278 e. The second-order valence-electron chi connectivity index (χ2n) is 7.58. The van der Waals surface area contributed by atoms with Crippen molar-refractivity contribution in [2.45, 2.75) is 20.3 Å². The van der Waals surface area contributed by atoms with E-state index in [0.717, 1.165) is 60.6 Å². The Morgan fingerprint density at radius 3 is 2.77 bits per heavy atom. The second kappa shape index (κ2) is 9.01. The molecule has 0 aliphatic carbocycles. The number of anilines is 1. The molecule has 0 atom stereocenters. The zero-order valence-electron chi connectivity index (χ0n) is 17.5. The standard InChI is InChI=1S/C21H26ClN5O2S/c1-14-13-23-25(3)19(14)20(28)27(8-4-7-26-9-11-29-12-10-26)21-24-18-15(2)16(22)5-6-17(18)30-21/h5-6,13H,4,7-12H2,1-3H3. The van der Waals surface area contributed by atoms with E-state index in [4.69, 9.17) is 21.3 Å². The zero-order chi connectivity index (χ0) is 21.3. The number of rotatable bonds is 6. The Balaban J connectivity index is 1.62. The molecular formula is C21H26ClN5O2S. The number of thiazole rings is 1. The third kappa shape index (κ3) is 4.23. The highest BCUT2D eigenvalue weighted by Gasteiger charge is 2.26. The normalized spacial score (nSPS) is 15.1. The number of aryl methyl sites for hydroxylation is 3. The molecule has 30 heavy (non-hydrogen) atoms. The van der Waals surface area contributed by atoms with Crippen molar-refractivity contribution in [3.05, 3.63) is 40.2 Å². The Morgan fingerprint density at radius 2 is 2.07 bits per heavy atom. The van der Waals surface area contributed by atoms with Crippen molar-refractivity contribution >= 4 is 44.2 Å². The van der Waals surface area contributed by atoms with Gasteiger partial charge >= 0.3 is 0 Å². The van der Waals surface area contributed by atoms with Crippen LogP contribution < -0.4 is 4.90 Å². The second-order valence-corrected chi connectivity index (χ2v) is 9.00. The van der Waals surface area contributed by atoms with Crippen molar-refractivity contribution in [2.24, 2.45) is 7.05 Å². The maximum absolute atomic E-state index is 13.5. The fourth-order valence-electron chi connectivity index (χ4n) is 3.75. The maximum atomic E-state index is 13.5. The van der Waals surface area contributed by atoms with Crippen LogP contribution in [0, 0.1) is 13.8 Å². The molecule has 0 N–H and O–H groups in total. The maximum Gasteiger partial charge on any atom is 0.278 e. The van der Waals surface area contributed by atoms with Crippen LogP contribution in [0.25, 0.3) is 10.2 Å². The summed E-state index contributed by atoms with van der Waals surface area (Å²) in [5.41, 5.74) is 3.25. The molecule has 7 nitrogen and oxygen atoms in total. The summed E-state index contributed by atoms with van der Waals surface area (Å²) in [7, 11) is 1.80. The van der Waals surface area contributed by atoms with Crippen molar-refractivity contribution in [1.29, 1.82) is 0 Å². The number of benzene rings is 1. The number of morpholine rings is 1. The number of hydrogen-bond donors (Lipinski definition) is 0. The lowest BCUT2D eigenvalue weighted by Crippen LogP contribution is -2.39. The largest absolute Gasteiger partial charge is 0.379 e. The van der Waals surface area contributed by atoms with E-state index in [-0.39, 0.29) is 5.91 Å². The van der Waals surface area contributed by atoms with Gasteiger partial charge in [-0.05, 0) is 43.5 Å². The first-order valence-electron chi connectivity index (χ1n) is 10.1. The van der Waals surface area contributed by atoms with E-state index in [1.165, 1.54) is 11.3 Å². The highest BCUT2D eigenvalue weighted by molar-refractivity contribution is 7.22. The summed E-state index contributed by atoms with van der Waals surface area (Å²) >= 11 is 7.81. The quantitative estimate of drug-likeness (QED) is 0.577. The first kappa shape index (κ1) is 21.2. The van der Waals surface area contributed by atoms with Gasteiger partial charge < -0.3 is 4.74 Å². The van der Waals surface area contributed by atoms with Gasteiger partial charge in [0.25, 0.3) is 5.91 Å². The van der Waals surface area contributed by atoms with Crippen molar-refractivity contribution in [1.82, 2.24) is 19.7 Å². The van der Waals surface area contributed by atoms with Gasteiger partial charge in [-0.15, -0.1) is 0 Å². The molecule has 1 aliphatic rings. The summed E-state index contributed by atoms with van der Waals surface area (Å²) in [6.07, 6.45) is 2.58. The van der Waals surface area contributed by atoms with Crippen molar-refractivity contribution in [2.75, 3.05) is 44.3 Å². The molecule has 0 spiro atoms. The van der Waals surface area contributed by atoms with Gasteiger partial charge in [-0.2, -0.15) is 5.10 Å². The fourth-order valence-corrected chi connectivity index (χ4v) is 4.95. The summed E-state index contributed by atoms with van der Waals surface area (Å²) < 4.78 is 8.10. The van der Waals surface area contributed by atoms with Gasteiger partial charge in [0, 0.05) is 38.2 Å². The van der Waals surface area contributed by atoms with Crippen LogP contribution in [-0.2, 0) is 11.8 Å². The van der Waals surface area contributed by atoms with E-state index in [2.05, 4.69) is 10.00 Å². The average molecular weight is 448 g/mol. The van der Waals surface area contributed by atoms with E-state index in [1.807, 2.05) is 26.0 Å². The third-order valence-electron chi connectivity index (χ3n) is 5.50. The molecule has 0 radical (unpaired) electrons. The molecule has 1 amide bonds. The predicted octanol–water partition coefficient (Wildman–Crippen LogP) is 3.67. The fraction of sp³-hybridized carbons (Fsp3) is 0.476. The van der Waals surface area contributed by atoms with Crippen LogP contribution >= 0.6 is 22.9 Å². The number of ether oxygens (including phenoxy) is 1. The molecule has 3 aromatic rings. The number of hydrogen-bond acceptors (Lipinski definition) is 6. The number of fused-ring (bicyclic) bond motifs is 1. The van der Waals surface area contributed by atoms with Crippen LogP contribution in [-0.4, -0.2) is 65.0 Å². The predicted molar refractivity (Wildman–Crippen MR) is 121 cm³/mol. The van der Waals surface area contributed by atoms with E-state index < -0.39 is 0 Å². The van der Waals surface area contributed by atoms with Crippen LogP contribution in [0.15, 0.2) is 18.3 Å². The van der Waals surface area contributed by atoms with Crippen LogP contribution in [0.1, 0.15) is 28.0 Å². The van der Waals surface area contributed by atoms with Crippen molar-refractivity contribution in [3.63, 3.8) is 0 Å². The van der Waals surface area contributed by atoms with Crippen LogP contribution in [0.2, 0.25) is 5.02 Å². The Labute approximate surface area is 185 Å². The molecule has 160 valence electrons. The minimum absolute atomic E-state index is 0.0720. The lowest BCUT2D eigenvalue weighted by molar-refractivity contribution is 0.0376. The summed E-state index contributed by atoms with van der Waals surface area (Å²) in [5, 5.41) is 5.63. The average Bonchev–Trinajstić information content (AvgIpc) is 3.32. The number of nitrogens with zero attached hydrogens (tertiary/aromatic N) is 5. The van der Waals surface area contributed by atoms with Crippen molar-refractivity contribution < 1.29 is 9.53 Å². The number of carbonyl (C=O) groups is 1. The van der Waals surface area contributed by atoms with Crippen LogP contribution in [0.4, 0.5) is 5.13 Å². The van der Waals surface area contributed by atoms with E-state index >= 15 is 0 Å². The zero-order valence-corrected chi connectivity index (χ0v) is 19.1.